The van der Waals surface area contributed by atoms with Gasteiger partial charge in [0.2, 0.25) is 5.91 Å². The van der Waals surface area contributed by atoms with Gasteiger partial charge in [0.05, 0.1) is 12.0 Å². The van der Waals surface area contributed by atoms with Gasteiger partial charge in [0.1, 0.15) is 17.6 Å². The van der Waals surface area contributed by atoms with E-state index in [1.165, 1.54) is 5.01 Å². The van der Waals surface area contributed by atoms with E-state index in [4.69, 9.17) is 4.42 Å². The Balaban J connectivity index is 1.97. The summed E-state index contributed by atoms with van der Waals surface area (Å²) in [6.45, 7) is 4.02. The second-order valence-corrected chi connectivity index (χ2v) is 6.00. The van der Waals surface area contributed by atoms with Crippen molar-refractivity contribution in [2.24, 2.45) is 11.0 Å². The van der Waals surface area contributed by atoms with Crippen molar-refractivity contribution in [1.82, 2.24) is 5.01 Å². The highest BCUT2D eigenvalue weighted by atomic mass is 16.3. The van der Waals surface area contributed by atoms with Crippen molar-refractivity contribution >= 4 is 11.6 Å². The van der Waals surface area contributed by atoms with E-state index >= 15 is 0 Å². The van der Waals surface area contributed by atoms with Gasteiger partial charge in [0, 0.05) is 17.9 Å². The molecule has 0 fully saturated rings. The van der Waals surface area contributed by atoms with Crippen LogP contribution in [0.2, 0.25) is 0 Å². The van der Waals surface area contributed by atoms with E-state index in [-0.39, 0.29) is 23.6 Å². The number of carbonyl (C=O) groups is 1. The fourth-order valence-corrected chi connectivity index (χ4v) is 3.12. The molecule has 1 unspecified atom stereocenters. The average Bonchev–Trinajstić information content (AvgIpc) is 3.25. The molecule has 5 nitrogen and oxygen atoms in total. The van der Waals surface area contributed by atoms with Gasteiger partial charge >= 0.3 is 0 Å². The zero-order chi connectivity index (χ0) is 17.1. The Labute approximate surface area is 141 Å². The lowest BCUT2D eigenvalue weighted by molar-refractivity contribution is -0.138. The summed E-state index contributed by atoms with van der Waals surface area (Å²) in [5.74, 6) is 0.830. The first-order valence-electron chi connectivity index (χ1n) is 8.38. The van der Waals surface area contributed by atoms with Crippen molar-refractivity contribution in [3.8, 4) is 5.75 Å². The molecule has 126 valence electrons. The van der Waals surface area contributed by atoms with E-state index in [1.54, 1.807) is 18.4 Å². The molecule has 2 aromatic rings. The Kier molecular flexibility index (Phi) is 4.69. The second-order valence-electron chi connectivity index (χ2n) is 6.00. The van der Waals surface area contributed by atoms with Crippen molar-refractivity contribution in [2.75, 3.05) is 0 Å². The topological polar surface area (TPSA) is 66.0 Å². The quantitative estimate of drug-likeness (QED) is 0.899. The minimum atomic E-state index is -0.261. The first-order chi connectivity index (χ1) is 11.7. The predicted molar refractivity (Wildman–Crippen MR) is 91.6 cm³/mol. The van der Waals surface area contributed by atoms with Gasteiger partial charge in [0.25, 0.3) is 0 Å². The summed E-state index contributed by atoms with van der Waals surface area (Å²) in [5.41, 5.74) is 1.36. The van der Waals surface area contributed by atoms with Crippen molar-refractivity contribution in [3.63, 3.8) is 0 Å². The number of furan rings is 1. The summed E-state index contributed by atoms with van der Waals surface area (Å²) in [6.07, 6.45) is 3.68. The van der Waals surface area contributed by atoms with Crippen LogP contribution in [0.1, 0.15) is 50.5 Å². The lowest BCUT2D eigenvalue weighted by atomic mass is 9.99. The highest BCUT2D eigenvalue weighted by Gasteiger charge is 2.37. The number of hydrazone groups is 1. The summed E-state index contributed by atoms with van der Waals surface area (Å²) >= 11 is 0. The molecule has 2 heterocycles. The van der Waals surface area contributed by atoms with Gasteiger partial charge in [-0.15, -0.1) is 0 Å². The minimum absolute atomic E-state index is 0.00632. The summed E-state index contributed by atoms with van der Waals surface area (Å²) in [5, 5.41) is 16.2. The minimum Gasteiger partial charge on any atom is -0.507 e. The monoisotopic (exact) mass is 326 g/mol. The highest BCUT2D eigenvalue weighted by Crippen LogP contribution is 2.36. The van der Waals surface area contributed by atoms with Gasteiger partial charge in [-0.2, -0.15) is 5.10 Å². The third kappa shape index (κ3) is 2.94. The Morgan fingerprint density at radius 2 is 2.04 bits per heavy atom. The average molecular weight is 326 g/mol. The number of hydrogen-bond acceptors (Lipinski definition) is 4. The molecule has 1 aliphatic heterocycles. The molecule has 0 aliphatic carbocycles. The van der Waals surface area contributed by atoms with E-state index in [2.05, 4.69) is 5.10 Å². The first kappa shape index (κ1) is 16.3. The molecule has 0 spiro atoms. The summed E-state index contributed by atoms with van der Waals surface area (Å²) in [4.78, 5) is 12.9. The number of benzene rings is 1. The van der Waals surface area contributed by atoms with Crippen LogP contribution in [0, 0.1) is 5.92 Å². The van der Waals surface area contributed by atoms with Crippen molar-refractivity contribution in [2.45, 2.75) is 39.2 Å². The van der Waals surface area contributed by atoms with Crippen molar-refractivity contribution in [3.05, 3.63) is 54.0 Å². The third-order valence-electron chi connectivity index (χ3n) is 4.56. The van der Waals surface area contributed by atoms with Gasteiger partial charge in [-0.05, 0) is 37.1 Å². The molecule has 1 aromatic heterocycles. The van der Waals surface area contributed by atoms with Crippen LogP contribution in [0.25, 0.3) is 0 Å². The normalized spacial score (nSPS) is 17.4. The Hall–Kier alpha value is -2.56. The maximum atomic E-state index is 12.9. The number of phenolic OH excluding ortho intramolecular Hbond substituents is 1. The molecule has 0 radical (unpaired) electrons. The molecule has 0 bridgehead atoms. The Morgan fingerprint density at radius 1 is 1.29 bits per heavy atom. The molecule has 3 rings (SSSR count). The standard InChI is InChI=1S/C19H22N2O3/c1-3-13(4-2)19(23)21-16(18-10-7-11-24-18)12-15(20-21)14-8-5-6-9-17(14)22/h5-11,13,16,22H,3-4,12H2,1-2H3. The van der Waals surface area contributed by atoms with Gasteiger partial charge < -0.3 is 9.52 Å². The zero-order valence-corrected chi connectivity index (χ0v) is 14.0. The number of nitrogens with zero attached hydrogens (tertiary/aromatic N) is 2. The van der Waals surface area contributed by atoms with E-state index in [0.29, 0.717) is 23.5 Å². The van der Waals surface area contributed by atoms with Crippen LogP contribution in [0.5, 0.6) is 5.75 Å². The number of amides is 1. The van der Waals surface area contributed by atoms with Crippen LogP contribution in [0.15, 0.2) is 52.2 Å². The Morgan fingerprint density at radius 3 is 2.67 bits per heavy atom. The van der Waals surface area contributed by atoms with Crippen LogP contribution in [0.4, 0.5) is 0 Å². The van der Waals surface area contributed by atoms with Crippen LogP contribution < -0.4 is 0 Å². The van der Waals surface area contributed by atoms with Crippen molar-refractivity contribution in [1.29, 1.82) is 0 Å². The third-order valence-corrected chi connectivity index (χ3v) is 4.56. The molecule has 1 amide bonds. The number of carbonyl (C=O) groups excluding carboxylic acids is 1. The summed E-state index contributed by atoms with van der Waals surface area (Å²) in [6, 6.07) is 10.5. The summed E-state index contributed by atoms with van der Waals surface area (Å²) < 4.78 is 5.53. The molecule has 24 heavy (non-hydrogen) atoms. The van der Waals surface area contributed by atoms with Gasteiger partial charge in [-0.25, -0.2) is 5.01 Å². The molecule has 0 saturated heterocycles. The number of para-hydroxylation sites is 1. The lowest BCUT2D eigenvalue weighted by Crippen LogP contribution is -2.32. The van der Waals surface area contributed by atoms with Gasteiger partial charge in [-0.3, -0.25) is 4.79 Å². The molecule has 5 heteroatoms. The van der Waals surface area contributed by atoms with E-state index < -0.39 is 0 Å². The van der Waals surface area contributed by atoms with Gasteiger partial charge in [0.15, 0.2) is 0 Å². The number of hydrogen-bond donors (Lipinski definition) is 1. The number of phenols is 1. The zero-order valence-electron chi connectivity index (χ0n) is 14.0. The molecule has 1 aliphatic rings. The fraction of sp³-hybridized carbons (Fsp3) is 0.368. The molecule has 1 aromatic carbocycles. The van der Waals surface area contributed by atoms with E-state index in [9.17, 15) is 9.90 Å². The maximum absolute atomic E-state index is 12.9. The fourth-order valence-electron chi connectivity index (χ4n) is 3.12. The molecular weight excluding hydrogens is 304 g/mol. The van der Waals surface area contributed by atoms with E-state index in [1.807, 2.05) is 38.1 Å². The highest BCUT2D eigenvalue weighted by molar-refractivity contribution is 6.05. The van der Waals surface area contributed by atoms with Crippen molar-refractivity contribution < 1.29 is 14.3 Å². The van der Waals surface area contributed by atoms with Gasteiger partial charge in [-0.1, -0.05) is 26.0 Å². The molecule has 0 saturated carbocycles. The first-order valence-corrected chi connectivity index (χ1v) is 8.38. The maximum Gasteiger partial charge on any atom is 0.246 e. The Bertz CT molecular complexity index is 733. The number of aromatic hydroxyl groups is 1. The van der Waals surface area contributed by atoms with Crippen LogP contribution in [0.3, 0.4) is 0 Å². The lowest BCUT2D eigenvalue weighted by Gasteiger charge is -2.23. The predicted octanol–water partition coefficient (Wildman–Crippen LogP) is 4.10. The molecule has 1 atom stereocenters. The summed E-state index contributed by atoms with van der Waals surface area (Å²) in [7, 11) is 0. The van der Waals surface area contributed by atoms with Crippen LogP contribution >= 0.6 is 0 Å². The smallest absolute Gasteiger partial charge is 0.246 e. The van der Waals surface area contributed by atoms with Crippen LogP contribution in [-0.2, 0) is 4.79 Å². The molecule has 1 N–H and O–H groups in total. The molecular formula is C19H22N2O3. The second kappa shape index (κ2) is 6.91. The SMILES string of the molecule is CCC(CC)C(=O)N1N=C(c2ccccc2O)CC1c1ccco1. The van der Waals surface area contributed by atoms with E-state index in [0.717, 1.165) is 12.8 Å². The number of rotatable bonds is 5. The van der Waals surface area contributed by atoms with Crippen LogP contribution in [-0.4, -0.2) is 21.7 Å². The largest absolute Gasteiger partial charge is 0.507 e.